The number of hydrogen-bond donors (Lipinski definition) is 4. The molecule has 0 aliphatic carbocycles. The van der Waals surface area contributed by atoms with E-state index in [4.69, 9.17) is 15.7 Å². The smallest absolute Gasteiger partial charge is 0.270 e. The maximum absolute atomic E-state index is 13.5. The van der Waals surface area contributed by atoms with Crippen LogP contribution in [0.3, 0.4) is 0 Å². The van der Waals surface area contributed by atoms with Crippen LogP contribution >= 0.6 is 0 Å². The van der Waals surface area contributed by atoms with E-state index in [1.807, 2.05) is 53.4 Å². The monoisotopic (exact) mass is 497 g/mol. The molecule has 0 radical (unpaired) electrons. The molecule has 0 spiro atoms. The number of piperidine rings is 1. The number of hydrogen-bond acceptors (Lipinski definition) is 6. The Kier molecular flexibility index (Phi) is 6.87. The Balaban J connectivity index is 1.39. The standard InChI is InChI=1S/C28H31N7O2/c1-19(36)30-14-15-31-25-22-18-23(32-26(22)34-24(33-25)20-8-4-2-5-9-20)27(37)35-16-12-28(29,13-17-35)21-10-6-3-7-11-21/h2-11,18H,12-17,29H2,1H3,(H,30,36)(H2,31,32,33,34). The van der Waals surface area contributed by atoms with Crippen molar-refractivity contribution in [2.45, 2.75) is 25.3 Å². The number of likely N-dealkylation sites (tertiary alicyclic amines) is 1. The highest BCUT2D eigenvalue weighted by molar-refractivity contribution is 6.00. The van der Waals surface area contributed by atoms with Crippen LogP contribution in [0.4, 0.5) is 5.82 Å². The van der Waals surface area contributed by atoms with E-state index in [-0.39, 0.29) is 11.8 Å². The fraction of sp³-hybridized carbons (Fsp3) is 0.286. The van der Waals surface area contributed by atoms with E-state index in [0.717, 1.165) is 16.5 Å². The van der Waals surface area contributed by atoms with E-state index >= 15 is 0 Å². The van der Waals surface area contributed by atoms with Crippen LogP contribution in [-0.2, 0) is 10.3 Å². The molecule has 9 nitrogen and oxygen atoms in total. The molecule has 1 saturated heterocycles. The molecule has 9 heteroatoms. The third kappa shape index (κ3) is 5.31. The van der Waals surface area contributed by atoms with Crippen LogP contribution in [0.5, 0.6) is 0 Å². The summed E-state index contributed by atoms with van der Waals surface area (Å²) in [6.07, 6.45) is 1.38. The molecule has 5 N–H and O–H groups in total. The summed E-state index contributed by atoms with van der Waals surface area (Å²) >= 11 is 0. The van der Waals surface area contributed by atoms with Gasteiger partial charge >= 0.3 is 0 Å². The van der Waals surface area contributed by atoms with Gasteiger partial charge in [0.15, 0.2) is 5.82 Å². The molecule has 2 amide bonds. The summed E-state index contributed by atoms with van der Waals surface area (Å²) in [6, 6.07) is 21.6. The topological polar surface area (TPSA) is 129 Å². The molecule has 1 aliphatic heterocycles. The van der Waals surface area contributed by atoms with E-state index in [0.29, 0.717) is 62.0 Å². The Morgan fingerprint density at radius 2 is 1.68 bits per heavy atom. The van der Waals surface area contributed by atoms with Crippen LogP contribution in [0.25, 0.3) is 22.4 Å². The Hall–Kier alpha value is -4.24. The molecule has 0 atom stereocenters. The van der Waals surface area contributed by atoms with Gasteiger partial charge in [0.25, 0.3) is 5.91 Å². The highest BCUT2D eigenvalue weighted by Gasteiger charge is 2.34. The Morgan fingerprint density at radius 1 is 1.00 bits per heavy atom. The zero-order chi connectivity index (χ0) is 25.8. The van der Waals surface area contributed by atoms with Gasteiger partial charge in [-0.25, -0.2) is 9.97 Å². The number of benzene rings is 2. The van der Waals surface area contributed by atoms with Gasteiger partial charge in [0, 0.05) is 44.2 Å². The van der Waals surface area contributed by atoms with Crippen molar-refractivity contribution < 1.29 is 9.59 Å². The van der Waals surface area contributed by atoms with Gasteiger partial charge in [-0.1, -0.05) is 60.7 Å². The van der Waals surface area contributed by atoms with E-state index in [1.54, 1.807) is 6.07 Å². The first-order valence-electron chi connectivity index (χ1n) is 12.5. The van der Waals surface area contributed by atoms with E-state index in [2.05, 4.69) is 27.8 Å². The number of carbonyl (C=O) groups is 2. The third-order valence-electron chi connectivity index (χ3n) is 6.83. The number of fused-ring (bicyclic) bond motifs is 1. The summed E-state index contributed by atoms with van der Waals surface area (Å²) in [6.45, 7) is 3.56. The lowest BCUT2D eigenvalue weighted by atomic mass is 9.82. The SMILES string of the molecule is CC(=O)NCCNc1nc(-c2ccccc2)nc2[nH]c(C(=O)N3CCC(N)(c4ccccc4)CC3)cc12. The van der Waals surface area contributed by atoms with Crippen molar-refractivity contribution in [3.05, 3.63) is 78.0 Å². The van der Waals surface area contributed by atoms with Gasteiger partial charge in [0.1, 0.15) is 17.2 Å². The highest BCUT2D eigenvalue weighted by Crippen LogP contribution is 2.31. The van der Waals surface area contributed by atoms with Gasteiger partial charge in [-0.2, -0.15) is 0 Å². The van der Waals surface area contributed by atoms with E-state index in [1.165, 1.54) is 6.92 Å². The maximum Gasteiger partial charge on any atom is 0.270 e. The number of nitrogens with one attached hydrogen (secondary N) is 3. The minimum absolute atomic E-state index is 0.0847. The molecule has 0 unspecified atom stereocenters. The Labute approximate surface area is 215 Å². The number of nitrogens with zero attached hydrogens (tertiary/aromatic N) is 3. The van der Waals surface area contributed by atoms with Crippen LogP contribution in [0.15, 0.2) is 66.7 Å². The average Bonchev–Trinajstić information content (AvgIpc) is 3.36. The van der Waals surface area contributed by atoms with Gasteiger partial charge in [0.05, 0.1) is 5.39 Å². The fourth-order valence-electron chi connectivity index (χ4n) is 4.73. The van der Waals surface area contributed by atoms with Gasteiger partial charge in [-0.15, -0.1) is 0 Å². The number of aromatic nitrogens is 3. The van der Waals surface area contributed by atoms with Gasteiger partial charge in [-0.3, -0.25) is 9.59 Å². The summed E-state index contributed by atoms with van der Waals surface area (Å²) in [4.78, 5) is 39.2. The molecule has 2 aromatic carbocycles. The van der Waals surface area contributed by atoms with Crippen molar-refractivity contribution in [2.75, 3.05) is 31.5 Å². The van der Waals surface area contributed by atoms with Crippen molar-refractivity contribution in [2.24, 2.45) is 5.73 Å². The van der Waals surface area contributed by atoms with Crippen LogP contribution in [0.1, 0.15) is 35.8 Å². The van der Waals surface area contributed by atoms with Crippen molar-refractivity contribution in [1.29, 1.82) is 0 Å². The second-order valence-electron chi connectivity index (χ2n) is 9.43. The average molecular weight is 498 g/mol. The Morgan fingerprint density at radius 3 is 2.35 bits per heavy atom. The molecule has 5 rings (SSSR count). The number of H-pyrrole nitrogens is 1. The molecule has 37 heavy (non-hydrogen) atoms. The second kappa shape index (κ2) is 10.4. The first-order chi connectivity index (χ1) is 17.9. The second-order valence-corrected chi connectivity index (χ2v) is 9.43. The predicted octanol–water partition coefficient (Wildman–Crippen LogP) is 3.26. The van der Waals surface area contributed by atoms with Gasteiger partial charge in [-0.05, 0) is 24.5 Å². The zero-order valence-electron chi connectivity index (χ0n) is 20.8. The van der Waals surface area contributed by atoms with Gasteiger partial charge < -0.3 is 26.3 Å². The molecule has 2 aromatic heterocycles. The first kappa shape index (κ1) is 24.5. The minimum atomic E-state index is -0.431. The summed E-state index contributed by atoms with van der Waals surface area (Å²) in [5, 5.41) is 6.78. The summed E-state index contributed by atoms with van der Waals surface area (Å²) in [5.74, 6) is 0.973. The molecule has 190 valence electrons. The lowest BCUT2D eigenvalue weighted by Gasteiger charge is -2.39. The lowest BCUT2D eigenvalue weighted by Crippen LogP contribution is -2.49. The molecule has 3 heterocycles. The number of anilines is 1. The highest BCUT2D eigenvalue weighted by atomic mass is 16.2. The largest absolute Gasteiger partial charge is 0.368 e. The zero-order valence-corrected chi connectivity index (χ0v) is 20.8. The fourth-order valence-corrected chi connectivity index (χ4v) is 4.73. The van der Waals surface area contributed by atoms with Crippen LogP contribution < -0.4 is 16.4 Å². The molecular weight excluding hydrogens is 466 g/mol. The normalized spacial score (nSPS) is 14.9. The summed E-state index contributed by atoms with van der Waals surface area (Å²) < 4.78 is 0. The van der Waals surface area contributed by atoms with Crippen LogP contribution in [0, 0.1) is 0 Å². The number of carbonyl (C=O) groups excluding carboxylic acids is 2. The quantitative estimate of drug-likeness (QED) is 0.290. The van der Waals surface area contributed by atoms with Crippen molar-refractivity contribution in [3.8, 4) is 11.4 Å². The molecule has 4 aromatic rings. The molecule has 1 fully saturated rings. The van der Waals surface area contributed by atoms with Gasteiger partial charge in [0.2, 0.25) is 5.91 Å². The first-order valence-corrected chi connectivity index (χ1v) is 12.5. The number of rotatable bonds is 7. The lowest BCUT2D eigenvalue weighted by molar-refractivity contribution is -0.118. The Bertz CT molecular complexity index is 1390. The molecule has 0 bridgehead atoms. The number of amides is 2. The van der Waals surface area contributed by atoms with Crippen molar-refractivity contribution in [1.82, 2.24) is 25.2 Å². The summed E-state index contributed by atoms with van der Waals surface area (Å²) in [7, 11) is 0. The van der Waals surface area contributed by atoms with Crippen molar-refractivity contribution in [3.63, 3.8) is 0 Å². The number of aromatic amines is 1. The third-order valence-corrected chi connectivity index (χ3v) is 6.83. The molecule has 0 saturated carbocycles. The predicted molar refractivity (Wildman–Crippen MR) is 144 cm³/mol. The molecule has 1 aliphatic rings. The number of nitrogens with two attached hydrogens (primary N) is 1. The van der Waals surface area contributed by atoms with Crippen LogP contribution in [0.2, 0.25) is 0 Å². The van der Waals surface area contributed by atoms with E-state index in [9.17, 15) is 9.59 Å². The summed E-state index contributed by atoms with van der Waals surface area (Å²) in [5.41, 5.74) is 9.29. The molecular formula is C28H31N7O2. The van der Waals surface area contributed by atoms with Crippen molar-refractivity contribution >= 4 is 28.7 Å². The van der Waals surface area contributed by atoms with Crippen LogP contribution in [-0.4, -0.2) is 57.8 Å². The minimum Gasteiger partial charge on any atom is -0.368 e. The maximum atomic E-state index is 13.5. The van der Waals surface area contributed by atoms with E-state index < -0.39 is 5.54 Å².